The summed E-state index contributed by atoms with van der Waals surface area (Å²) >= 11 is 0. The first kappa shape index (κ1) is 21.0. The fraction of sp³-hybridized carbons (Fsp3) is 0.179. The second-order valence-corrected chi connectivity index (χ2v) is 8.32. The van der Waals surface area contributed by atoms with Crippen LogP contribution in [0.15, 0.2) is 97.6 Å². The molecule has 5 nitrogen and oxygen atoms in total. The maximum absolute atomic E-state index is 13.6. The number of nitrogens with zero attached hydrogens (tertiary/aromatic N) is 3. The fourth-order valence-corrected chi connectivity index (χ4v) is 4.36. The number of fused-ring (bicyclic) bond motifs is 1. The van der Waals surface area contributed by atoms with Crippen molar-refractivity contribution < 1.29 is 4.79 Å². The summed E-state index contributed by atoms with van der Waals surface area (Å²) in [6.07, 6.45) is 6.71. The standard InChI is InChI=1S/C28H26N4O/c33-28(32-15-14-24-8-4-5-9-27(24)32)26(16-21-6-2-1-3-7-21)31-17-22-10-12-23(13-11-22)25-18-29-20-30-19-25/h1-13,18-20,26,31H,14-17H2. The Morgan fingerprint density at radius 2 is 1.58 bits per heavy atom. The van der Waals surface area contributed by atoms with E-state index in [-0.39, 0.29) is 11.9 Å². The maximum atomic E-state index is 13.6. The van der Waals surface area contributed by atoms with Gasteiger partial charge in [-0.25, -0.2) is 9.97 Å². The highest BCUT2D eigenvalue weighted by molar-refractivity contribution is 5.99. The molecule has 5 heteroatoms. The van der Waals surface area contributed by atoms with Crippen LogP contribution in [0.5, 0.6) is 0 Å². The van der Waals surface area contributed by atoms with Gasteiger partial charge in [-0.2, -0.15) is 0 Å². The summed E-state index contributed by atoms with van der Waals surface area (Å²) in [4.78, 5) is 23.7. The molecule has 1 N–H and O–H groups in total. The molecule has 1 aromatic heterocycles. The van der Waals surface area contributed by atoms with Gasteiger partial charge < -0.3 is 10.2 Å². The number of amides is 1. The molecule has 0 saturated heterocycles. The molecular formula is C28H26N4O. The van der Waals surface area contributed by atoms with Crippen LogP contribution in [0.2, 0.25) is 0 Å². The Balaban J connectivity index is 1.32. The second-order valence-electron chi connectivity index (χ2n) is 8.32. The number of para-hydroxylation sites is 1. The highest BCUT2D eigenvalue weighted by atomic mass is 16.2. The van der Waals surface area contributed by atoms with E-state index in [1.807, 2.05) is 53.7 Å². The van der Waals surface area contributed by atoms with E-state index in [0.717, 1.165) is 40.9 Å². The molecule has 5 rings (SSSR count). The molecule has 0 radical (unpaired) electrons. The average molecular weight is 435 g/mol. The average Bonchev–Trinajstić information content (AvgIpc) is 3.32. The number of benzene rings is 3. The van der Waals surface area contributed by atoms with Crippen LogP contribution in [-0.2, 0) is 24.2 Å². The van der Waals surface area contributed by atoms with E-state index < -0.39 is 0 Å². The smallest absolute Gasteiger partial charge is 0.244 e. The highest BCUT2D eigenvalue weighted by Gasteiger charge is 2.29. The van der Waals surface area contributed by atoms with Crippen molar-refractivity contribution in [2.75, 3.05) is 11.4 Å². The van der Waals surface area contributed by atoms with E-state index in [9.17, 15) is 4.79 Å². The molecule has 1 aliphatic rings. The zero-order valence-electron chi connectivity index (χ0n) is 18.4. The van der Waals surface area contributed by atoms with Gasteiger partial charge in [-0.05, 0) is 41.2 Å². The van der Waals surface area contributed by atoms with E-state index in [4.69, 9.17) is 0 Å². The minimum atomic E-state index is -0.305. The summed E-state index contributed by atoms with van der Waals surface area (Å²) in [5.41, 5.74) is 6.62. The molecular weight excluding hydrogens is 408 g/mol. The Morgan fingerprint density at radius 1 is 0.848 bits per heavy atom. The van der Waals surface area contributed by atoms with Crippen molar-refractivity contribution in [1.82, 2.24) is 15.3 Å². The van der Waals surface area contributed by atoms with Crippen LogP contribution in [0.1, 0.15) is 16.7 Å². The number of aromatic nitrogens is 2. The summed E-state index contributed by atoms with van der Waals surface area (Å²) in [5.74, 6) is 0.127. The summed E-state index contributed by atoms with van der Waals surface area (Å²) in [7, 11) is 0. The minimum absolute atomic E-state index is 0.127. The van der Waals surface area contributed by atoms with Crippen LogP contribution in [0.4, 0.5) is 5.69 Å². The van der Waals surface area contributed by atoms with Crippen LogP contribution < -0.4 is 10.2 Å². The summed E-state index contributed by atoms with van der Waals surface area (Å²) in [6.45, 7) is 1.35. The molecule has 33 heavy (non-hydrogen) atoms. The monoisotopic (exact) mass is 434 g/mol. The van der Waals surface area contributed by atoms with Crippen LogP contribution >= 0.6 is 0 Å². The lowest BCUT2D eigenvalue weighted by molar-refractivity contribution is -0.120. The van der Waals surface area contributed by atoms with Gasteiger partial charge in [0.15, 0.2) is 0 Å². The molecule has 2 heterocycles. The van der Waals surface area contributed by atoms with E-state index in [1.54, 1.807) is 0 Å². The van der Waals surface area contributed by atoms with Gasteiger partial charge in [0.2, 0.25) is 5.91 Å². The van der Waals surface area contributed by atoms with Gasteiger partial charge in [-0.1, -0.05) is 72.8 Å². The zero-order valence-corrected chi connectivity index (χ0v) is 18.4. The van der Waals surface area contributed by atoms with Gasteiger partial charge in [0.25, 0.3) is 0 Å². The number of nitrogens with one attached hydrogen (secondary N) is 1. The molecule has 0 saturated carbocycles. The Kier molecular flexibility index (Phi) is 6.22. The fourth-order valence-electron chi connectivity index (χ4n) is 4.36. The number of hydrogen-bond donors (Lipinski definition) is 1. The van der Waals surface area contributed by atoms with Crippen molar-refractivity contribution in [3.05, 3.63) is 114 Å². The lowest BCUT2D eigenvalue weighted by atomic mass is 10.0. The van der Waals surface area contributed by atoms with E-state index in [2.05, 4.69) is 57.7 Å². The van der Waals surface area contributed by atoms with Gasteiger partial charge >= 0.3 is 0 Å². The third-order valence-electron chi connectivity index (χ3n) is 6.13. The predicted octanol–water partition coefficient (Wildman–Crippen LogP) is 4.43. The number of rotatable bonds is 7. The van der Waals surface area contributed by atoms with Gasteiger partial charge in [-0.15, -0.1) is 0 Å². The van der Waals surface area contributed by atoms with Gasteiger partial charge in [0.05, 0.1) is 6.04 Å². The highest BCUT2D eigenvalue weighted by Crippen LogP contribution is 2.28. The van der Waals surface area contributed by atoms with Crippen LogP contribution in [0, 0.1) is 0 Å². The molecule has 0 spiro atoms. The molecule has 0 bridgehead atoms. The molecule has 1 atom stereocenters. The Morgan fingerprint density at radius 3 is 2.36 bits per heavy atom. The summed E-state index contributed by atoms with van der Waals surface area (Å²) < 4.78 is 0. The third-order valence-corrected chi connectivity index (χ3v) is 6.13. The lowest BCUT2D eigenvalue weighted by Crippen LogP contribution is -2.47. The van der Waals surface area contributed by atoms with Gasteiger partial charge in [-0.3, -0.25) is 4.79 Å². The Bertz CT molecular complexity index is 1210. The number of anilines is 1. The largest absolute Gasteiger partial charge is 0.310 e. The lowest BCUT2D eigenvalue weighted by Gasteiger charge is -2.25. The first-order valence-corrected chi connectivity index (χ1v) is 11.3. The first-order valence-electron chi connectivity index (χ1n) is 11.3. The summed E-state index contributed by atoms with van der Waals surface area (Å²) in [6, 6.07) is 26.4. The molecule has 1 aliphatic heterocycles. The molecule has 3 aromatic carbocycles. The van der Waals surface area contributed by atoms with Crippen molar-refractivity contribution in [3.8, 4) is 11.1 Å². The van der Waals surface area contributed by atoms with E-state index in [1.165, 1.54) is 11.9 Å². The van der Waals surface area contributed by atoms with Gasteiger partial charge in [0.1, 0.15) is 6.33 Å². The van der Waals surface area contributed by atoms with Crippen LogP contribution in [0.25, 0.3) is 11.1 Å². The van der Waals surface area contributed by atoms with Crippen molar-refractivity contribution >= 4 is 11.6 Å². The quantitative estimate of drug-likeness (QED) is 0.467. The zero-order chi connectivity index (χ0) is 22.5. The maximum Gasteiger partial charge on any atom is 0.244 e. The van der Waals surface area contributed by atoms with E-state index in [0.29, 0.717) is 13.0 Å². The van der Waals surface area contributed by atoms with E-state index >= 15 is 0 Å². The predicted molar refractivity (Wildman–Crippen MR) is 131 cm³/mol. The summed E-state index contributed by atoms with van der Waals surface area (Å²) in [5, 5.41) is 3.54. The van der Waals surface area contributed by atoms with Crippen LogP contribution in [-0.4, -0.2) is 28.5 Å². The third kappa shape index (κ3) is 4.83. The normalized spacial score (nSPS) is 13.5. The second kappa shape index (κ2) is 9.76. The minimum Gasteiger partial charge on any atom is -0.310 e. The van der Waals surface area contributed by atoms with Crippen molar-refractivity contribution in [3.63, 3.8) is 0 Å². The van der Waals surface area contributed by atoms with Crippen molar-refractivity contribution in [2.24, 2.45) is 0 Å². The molecule has 0 fully saturated rings. The molecule has 1 amide bonds. The first-order chi connectivity index (χ1) is 16.3. The molecule has 0 aliphatic carbocycles. The molecule has 164 valence electrons. The topological polar surface area (TPSA) is 58.1 Å². The van der Waals surface area contributed by atoms with Crippen molar-refractivity contribution in [1.29, 1.82) is 0 Å². The number of hydrogen-bond acceptors (Lipinski definition) is 4. The van der Waals surface area contributed by atoms with Crippen LogP contribution in [0.3, 0.4) is 0 Å². The number of carbonyl (C=O) groups excluding carboxylic acids is 1. The molecule has 4 aromatic rings. The SMILES string of the molecule is O=C(C(Cc1ccccc1)NCc1ccc(-c2cncnc2)cc1)N1CCc2ccccc21. The Labute approximate surface area is 194 Å². The Hall–Kier alpha value is -3.83. The van der Waals surface area contributed by atoms with Crippen molar-refractivity contribution in [2.45, 2.75) is 25.4 Å². The number of carbonyl (C=O) groups is 1. The molecule has 1 unspecified atom stereocenters. The van der Waals surface area contributed by atoms with Gasteiger partial charge in [0, 0.05) is 36.7 Å².